The first-order chi connectivity index (χ1) is 17.5. The average Bonchev–Trinajstić information content (AvgIpc) is 3.62. The van der Waals surface area contributed by atoms with Gasteiger partial charge in [-0.15, -0.1) is 0 Å². The van der Waals surface area contributed by atoms with Crippen LogP contribution < -0.4 is 10.6 Å². The van der Waals surface area contributed by atoms with Crippen molar-refractivity contribution < 1.29 is 19.7 Å². The third-order valence-electron chi connectivity index (χ3n) is 5.97. The van der Waals surface area contributed by atoms with Crippen LogP contribution in [0.3, 0.4) is 0 Å². The van der Waals surface area contributed by atoms with Crippen molar-refractivity contribution >= 4 is 22.9 Å². The molecule has 0 radical (unpaired) electrons. The number of fused-ring (bicyclic) bond motifs is 1. The van der Waals surface area contributed by atoms with Crippen LogP contribution in [0.2, 0.25) is 0 Å². The van der Waals surface area contributed by atoms with E-state index in [1.807, 2.05) is 25.1 Å². The highest BCUT2D eigenvalue weighted by Gasteiger charge is 2.45. The van der Waals surface area contributed by atoms with Gasteiger partial charge in [0, 0.05) is 26.0 Å². The minimum atomic E-state index is -1.28. The summed E-state index contributed by atoms with van der Waals surface area (Å²) < 4.78 is 9.08. The molecular weight excluding hydrogens is 466 g/mol. The molecule has 13 heteroatoms. The second-order valence-corrected chi connectivity index (χ2v) is 8.43. The minimum Gasteiger partial charge on any atom is -0.388 e. The maximum absolute atomic E-state index is 11.8. The number of aliphatic hydroxyl groups excluding tert-OH is 2. The molecule has 5 rings (SSSR count). The molecule has 0 aromatic carbocycles. The van der Waals surface area contributed by atoms with Crippen LogP contribution >= 0.6 is 0 Å². The molecule has 5 heterocycles. The first-order valence-corrected chi connectivity index (χ1v) is 11.7. The van der Waals surface area contributed by atoms with Crippen LogP contribution in [0, 0.1) is 0 Å². The van der Waals surface area contributed by atoms with Crippen LogP contribution in [0.5, 0.6) is 0 Å². The van der Waals surface area contributed by atoms with Gasteiger partial charge in [0.05, 0.1) is 30.6 Å². The molecule has 4 N–H and O–H groups in total. The summed E-state index contributed by atoms with van der Waals surface area (Å²) in [5.74, 6) is 1.26. The Morgan fingerprint density at radius 2 is 2.06 bits per heavy atom. The van der Waals surface area contributed by atoms with Gasteiger partial charge in [0.1, 0.15) is 12.2 Å². The second kappa shape index (κ2) is 9.97. The van der Waals surface area contributed by atoms with E-state index >= 15 is 0 Å². The highest BCUT2D eigenvalue weighted by molar-refractivity contribution is 5.85. The molecule has 4 aromatic rings. The van der Waals surface area contributed by atoms with Crippen LogP contribution in [0.25, 0.3) is 28.4 Å². The van der Waals surface area contributed by atoms with Crippen LogP contribution in [-0.2, 0) is 9.53 Å². The van der Waals surface area contributed by atoms with E-state index in [9.17, 15) is 15.0 Å². The summed E-state index contributed by atoms with van der Waals surface area (Å²) in [6.07, 6.45) is 2.97. The Kier molecular flexibility index (Phi) is 6.59. The van der Waals surface area contributed by atoms with Gasteiger partial charge >= 0.3 is 0 Å². The third-order valence-corrected chi connectivity index (χ3v) is 5.97. The molecule has 1 saturated heterocycles. The maximum atomic E-state index is 11.8. The number of imidazole rings is 1. The maximum Gasteiger partial charge on any atom is 0.222 e. The van der Waals surface area contributed by atoms with Gasteiger partial charge in [-0.05, 0) is 18.6 Å². The highest BCUT2D eigenvalue weighted by Crippen LogP contribution is 2.34. The molecule has 1 amide bonds. The summed E-state index contributed by atoms with van der Waals surface area (Å²) in [4.78, 5) is 30.0. The van der Waals surface area contributed by atoms with E-state index in [4.69, 9.17) is 9.72 Å². The van der Waals surface area contributed by atoms with E-state index in [1.165, 1.54) is 13.4 Å². The molecule has 1 aliphatic rings. The van der Waals surface area contributed by atoms with E-state index < -0.39 is 24.5 Å². The van der Waals surface area contributed by atoms with Gasteiger partial charge in [0.2, 0.25) is 5.91 Å². The number of rotatable bonds is 8. The predicted octanol–water partition coefficient (Wildman–Crippen LogP) is 0.651. The molecule has 0 bridgehead atoms. The van der Waals surface area contributed by atoms with Gasteiger partial charge in [0.25, 0.3) is 0 Å². The number of ether oxygens (including phenoxy) is 1. The lowest BCUT2D eigenvalue weighted by atomic mass is 10.1. The molecule has 0 aliphatic carbocycles. The number of anilines is 1. The second-order valence-electron chi connectivity index (χ2n) is 8.43. The topological polar surface area (TPSA) is 165 Å². The molecule has 0 saturated carbocycles. The molecular formula is C23H27N9O4. The Morgan fingerprint density at radius 1 is 1.19 bits per heavy atom. The zero-order chi connectivity index (χ0) is 25.2. The fourth-order valence-electron chi connectivity index (χ4n) is 4.06. The molecule has 1 aliphatic heterocycles. The Morgan fingerprint density at radius 3 is 2.81 bits per heavy atom. The third kappa shape index (κ3) is 4.39. The Labute approximate surface area is 206 Å². The predicted molar refractivity (Wildman–Crippen MR) is 129 cm³/mol. The lowest BCUT2D eigenvalue weighted by Crippen LogP contribution is -2.34. The van der Waals surface area contributed by atoms with Crippen molar-refractivity contribution in [1.29, 1.82) is 0 Å². The zero-order valence-corrected chi connectivity index (χ0v) is 19.8. The lowest BCUT2D eigenvalue weighted by Gasteiger charge is -2.17. The molecule has 13 nitrogen and oxygen atoms in total. The monoisotopic (exact) mass is 493 g/mol. The summed E-state index contributed by atoms with van der Waals surface area (Å²) in [6, 6.07) is 5.53. The van der Waals surface area contributed by atoms with Crippen molar-refractivity contribution in [3.05, 3.63) is 43.1 Å². The van der Waals surface area contributed by atoms with Crippen molar-refractivity contribution in [2.45, 2.75) is 44.3 Å². The van der Waals surface area contributed by atoms with Gasteiger partial charge < -0.3 is 25.6 Å². The Bertz CT molecular complexity index is 1360. The molecule has 4 atom stereocenters. The van der Waals surface area contributed by atoms with Gasteiger partial charge in [-0.3, -0.25) is 9.36 Å². The highest BCUT2D eigenvalue weighted by atomic mass is 16.6. The number of aromatic nitrogens is 7. The van der Waals surface area contributed by atoms with Crippen LogP contribution in [0.1, 0.15) is 26.0 Å². The fraction of sp³-hybridized carbons (Fsp3) is 0.391. The number of amides is 1. The standard InChI is InChI=1S/C23H27N9O4/c1-3-7-26-21-17-22(30-20(29-21)13-10-28-32(11-13)15-6-4-5-8-25-15)31(12-27-17)23-19(35)18(34)14(36-23)9-16(33)24-2/h4-6,8,10-12,14,18-19,23,34-35H,3,7,9H2,1-2H3,(H,24,33)(H,26,29,30)/t14-,18-,19-,23-/m1/s1. The van der Waals surface area contributed by atoms with Crippen molar-refractivity contribution in [2.24, 2.45) is 0 Å². The molecule has 1 fully saturated rings. The van der Waals surface area contributed by atoms with E-state index in [0.717, 1.165) is 6.42 Å². The largest absolute Gasteiger partial charge is 0.388 e. The van der Waals surface area contributed by atoms with Crippen LogP contribution in [0.4, 0.5) is 5.82 Å². The summed E-state index contributed by atoms with van der Waals surface area (Å²) >= 11 is 0. The molecule has 0 spiro atoms. The average molecular weight is 494 g/mol. The number of carbonyl (C=O) groups excluding carboxylic acids is 1. The summed E-state index contributed by atoms with van der Waals surface area (Å²) in [6.45, 7) is 2.71. The van der Waals surface area contributed by atoms with Gasteiger partial charge in [-0.25, -0.2) is 24.6 Å². The minimum absolute atomic E-state index is 0.0892. The number of pyridine rings is 1. The van der Waals surface area contributed by atoms with Crippen molar-refractivity contribution in [1.82, 2.24) is 39.6 Å². The van der Waals surface area contributed by atoms with Gasteiger partial charge in [-0.2, -0.15) is 5.10 Å². The van der Waals surface area contributed by atoms with E-state index in [-0.39, 0.29) is 12.3 Å². The lowest BCUT2D eigenvalue weighted by molar-refractivity contribution is -0.125. The summed E-state index contributed by atoms with van der Waals surface area (Å²) in [7, 11) is 1.50. The van der Waals surface area contributed by atoms with E-state index in [0.29, 0.717) is 40.7 Å². The van der Waals surface area contributed by atoms with E-state index in [2.05, 4.69) is 30.7 Å². The number of aliphatic hydroxyl groups is 2. The van der Waals surface area contributed by atoms with Gasteiger partial charge in [-0.1, -0.05) is 13.0 Å². The molecule has 36 heavy (non-hydrogen) atoms. The van der Waals surface area contributed by atoms with Crippen molar-refractivity contribution in [3.63, 3.8) is 0 Å². The summed E-state index contributed by atoms with van der Waals surface area (Å²) in [5, 5.41) is 31.4. The van der Waals surface area contributed by atoms with Crippen molar-refractivity contribution in [2.75, 3.05) is 18.9 Å². The number of hydrogen-bond donors (Lipinski definition) is 4. The molecule has 188 valence electrons. The first-order valence-electron chi connectivity index (χ1n) is 11.7. The number of hydrogen-bond acceptors (Lipinski definition) is 10. The van der Waals surface area contributed by atoms with Crippen LogP contribution in [0.15, 0.2) is 43.1 Å². The quantitative estimate of drug-likeness (QED) is 0.274. The van der Waals surface area contributed by atoms with Crippen LogP contribution in [-0.4, -0.2) is 82.3 Å². The normalized spacial score (nSPS) is 21.7. The summed E-state index contributed by atoms with van der Waals surface area (Å²) in [5.41, 5.74) is 1.55. The molecule has 4 aromatic heterocycles. The van der Waals surface area contributed by atoms with E-state index in [1.54, 1.807) is 27.8 Å². The molecule has 0 unspecified atom stereocenters. The van der Waals surface area contributed by atoms with Gasteiger partial charge in [0.15, 0.2) is 34.9 Å². The number of carbonyl (C=O) groups is 1. The number of nitrogens with zero attached hydrogens (tertiary/aromatic N) is 7. The smallest absolute Gasteiger partial charge is 0.222 e. The van der Waals surface area contributed by atoms with Crippen molar-refractivity contribution in [3.8, 4) is 17.2 Å². The first kappa shape index (κ1) is 23.8. The Balaban J connectivity index is 1.54. The fourth-order valence-corrected chi connectivity index (χ4v) is 4.06. The zero-order valence-electron chi connectivity index (χ0n) is 19.8. The number of nitrogens with one attached hydrogen (secondary N) is 2. The Hall–Kier alpha value is -3.94. The SMILES string of the molecule is CCCNc1nc(-c2cnn(-c3ccccn3)c2)nc2c1ncn2[C@@H]1O[C@H](CC(=O)NC)[C@@H](O)[C@H]1O.